The molecule has 3 rings (SSSR count). The zero-order valence-corrected chi connectivity index (χ0v) is 18.9. The normalized spacial score (nSPS) is 11.3. The number of rotatable bonds is 8. The molecule has 0 atom stereocenters. The monoisotopic (exact) mass is 459 g/mol. The quantitative estimate of drug-likeness (QED) is 0.414. The molecular formula is C22H23Cl2N5O2. The average Bonchev–Trinajstić information content (AvgIpc) is 2.67. The summed E-state index contributed by atoms with van der Waals surface area (Å²) in [4.78, 5) is 25.8. The van der Waals surface area contributed by atoms with Crippen LogP contribution in [0.2, 0.25) is 10.0 Å². The number of halogens is 2. The number of hydrogen-bond donors (Lipinski definition) is 3. The van der Waals surface area contributed by atoms with E-state index in [0.29, 0.717) is 33.2 Å². The molecule has 0 amide bonds. The van der Waals surface area contributed by atoms with Crippen LogP contribution in [0.1, 0.15) is 35.5 Å². The van der Waals surface area contributed by atoms with Crippen LogP contribution in [-0.2, 0) is 6.42 Å². The van der Waals surface area contributed by atoms with Gasteiger partial charge in [-0.15, -0.1) is 0 Å². The highest BCUT2D eigenvalue weighted by molar-refractivity contribution is 6.39. The Balaban J connectivity index is 1.78. The number of nitrogens with zero attached hydrogens (tertiary/aromatic N) is 3. The minimum Gasteiger partial charge on any atom is -0.394 e. The smallest absolute Gasteiger partial charge is 0.225 e. The Morgan fingerprint density at radius 3 is 2.48 bits per heavy atom. The molecule has 1 aromatic carbocycles. The van der Waals surface area contributed by atoms with Crippen LogP contribution in [0.5, 0.6) is 0 Å². The average molecular weight is 460 g/mol. The van der Waals surface area contributed by atoms with Crippen LogP contribution < -0.4 is 10.6 Å². The Morgan fingerprint density at radius 2 is 1.81 bits per heavy atom. The molecule has 0 aliphatic heterocycles. The summed E-state index contributed by atoms with van der Waals surface area (Å²) in [5, 5.41) is 16.3. The van der Waals surface area contributed by atoms with Gasteiger partial charge < -0.3 is 15.7 Å². The lowest BCUT2D eigenvalue weighted by atomic mass is 10.0. The SMILES string of the molecule is Cc1cc(Nc2cc(CC(=O)c3c(Cl)cccc3Cl)ccn2)nc(NC(C)(C)CO)n1. The molecule has 0 radical (unpaired) electrons. The maximum Gasteiger partial charge on any atom is 0.225 e. The number of benzene rings is 1. The van der Waals surface area contributed by atoms with Crippen molar-refractivity contribution in [1.82, 2.24) is 15.0 Å². The minimum atomic E-state index is -0.566. The maximum absolute atomic E-state index is 12.7. The van der Waals surface area contributed by atoms with Gasteiger partial charge in [0.15, 0.2) is 5.78 Å². The molecular weight excluding hydrogens is 437 g/mol. The lowest BCUT2D eigenvalue weighted by Gasteiger charge is -2.23. The van der Waals surface area contributed by atoms with E-state index in [0.717, 1.165) is 11.3 Å². The van der Waals surface area contributed by atoms with Crippen LogP contribution in [0, 0.1) is 6.92 Å². The van der Waals surface area contributed by atoms with Crippen LogP contribution >= 0.6 is 23.2 Å². The van der Waals surface area contributed by atoms with Gasteiger partial charge in [-0.1, -0.05) is 29.3 Å². The molecule has 0 saturated carbocycles. The van der Waals surface area contributed by atoms with Crippen LogP contribution in [0.3, 0.4) is 0 Å². The van der Waals surface area contributed by atoms with Crippen molar-refractivity contribution in [1.29, 1.82) is 0 Å². The number of anilines is 3. The van der Waals surface area contributed by atoms with Crippen molar-refractivity contribution in [3.8, 4) is 0 Å². The number of nitrogens with one attached hydrogen (secondary N) is 2. The molecule has 0 unspecified atom stereocenters. The number of pyridine rings is 1. The molecule has 2 aromatic heterocycles. The largest absolute Gasteiger partial charge is 0.394 e. The van der Waals surface area contributed by atoms with Gasteiger partial charge >= 0.3 is 0 Å². The molecule has 31 heavy (non-hydrogen) atoms. The van der Waals surface area contributed by atoms with E-state index < -0.39 is 5.54 Å². The Labute approximate surface area is 190 Å². The molecule has 0 spiro atoms. The van der Waals surface area contributed by atoms with Crippen molar-refractivity contribution in [2.45, 2.75) is 32.7 Å². The van der Waals surface area contributed by atoms with E-state index in [9.17, 15) is 9.90 Å². The Bertz CT molecular complexity index is 1080. The first-order valence-corrected chi connectivity index (χ1v) is 10.4. The van der Waals surface area contributed by atoms with E-state index in [2.05, 4.69) is 25.6 Å². The second-order valence-corrected chi connectivity index (χ2v) is 8.57. The summed E-state index contributed by atoms with van der Waals surface area (Å²) in [6, 6.07) is 10.3. The predicted octanol–water partition coefficient (Wildman–Crippen LogP) is 4.84. The van der Waals surface area contributed by atoms with E-state index >= 15 is 0 Å². The van der Waals surface area contributed by atoms with Gasteiger partial charge in [-0.25, -0.2) is 9.97 Å². The summed E-state index contributed by atoms with van der Waals surface area (Å²) < 4.78 is 0. The fourth-order valence-corrected chi connectivity index (χ4v) is 3.46. The van der Waals surface area contributed by atoms with E-state index in [1.807, 2.05) is 20.8 Å². The Kier molecular flexibility index (Phi) is 7.10. The summed E-state index contributed by atoms with van der Waals surface area (Å²) in [7, 11) is 0. The van der Waals surface area contributed by atoms with Crippen molar-refractivity contribution in [3.05, 3.63) is 69.5 Å². The Hall–Kier alpha value is -2.74. The zero-order valence-electron chi connectivity index (χ0n) is 17.4. The van der Waals surface area contributed by atoms with E-state index in [-0.39, 0.29) is 18.8 Å². The second kappa shape index (κ2) is 9.60. The molecule has 3 N–H and O–H groups in total. The van der Waals surface area contributed by atoms with Crippen LogP contribution in [-0.4, -0.2) is 38.0 Å². The molecule has 7 nitrogen and oxygen atoms in total. The van der Waals surface area contributed by atoms with Crippen molar-refractivity contribution >= 4 is 46.6 Å². The number of carbonyl (C=O) groups excluding carboxylic acids is 1. The number of aromatic nitrogens is 3. The number of hydrogen-bond acceptors (Lipinski definition) is 7. The van der Waals surface area contributed by atoms with Gasteiger partial charge in [0.2, 0.25) is 5.95 Å². The van der Waals surface area contributed by atoms with Gasteiger partial charge in [-0.3, -0.25) is 4.79 Å². The lowest BCUT2D eigenvalue weighted by Crippen LogP contribution is -2.35. The standard InChI is InChI=1S/C22H23Cl2N5O2/c1-13-9-19(28-21(26-13)29-22(2,3)12-30)27-18-11-14(7-8-25-18)10-17(31)20-15(23)5-4-6-16(20)24/h4-9,11,30H,10,12H2,1-3H3,(H2,25,26,27,28,29). The highest BCUT2D eigenvalue weighted by atomic mass is 35.5. The van der Waals surface area contributed by atoms with Crippen molar-refractivity contribution in [2.75, 3.05) is 17.2 Å². The van der Waals surface area contributed by atoms with Gasteiger partial charge in [0.25, 0.3) is 0 Å². The topological polar surface area (TPSA) is 100 Å². The van der Waals surface area contributed by atoms with E-state index in [1.54, 1.807) is 42.6 Å². The first kappa shape index (κ1) is 22.9. The number of carbonyl (C=O) groups is 1. The molecule has 0 saturated heterocycles. The third-order valence-electron chi connectivity index (χ3n) is 4.39. The number of aliphatic hydroxyl groups is 1. The summed E-state index contributed by atoms with van der Waals surface area (Å²) >= 11 is 12.3. The highest BCUT2D eigenvalue weighted by Crippen LogP contribution is 2.26. The molecule has 162 valence electrons. The van der Waals surface area contributed by atoms with Crippen molar-refractivity contribution in [2.24, 2.45) is 0 Å². The zero-order chi connectivity index (χ0) is 22.6. The summed E-state index contributed by atoms with van der Waals surface area (Å²) in [5.74, 6) is 1.28. The second-order valence-electron chi connectivity index (χ2n) is 7.76. The third kappa shape index (κ3) is 6.13. The van der Waals surface area contributed by atoms with E-state index in [4.69, 9.17) is 23.2 Å². The maximum atomic E-state index is 12.7. The predicted molar refractivity (Wildman–Crippen MR) is 124 cm³/mol. The third-order valence-corrected chi connectivity index (χ3v) is 5.02. The van der Waals surface area contributed by atoms with Crippen molar-refractivity contribution < 1.29 is 9.90 Å². The molecule has 2 heterocycles. The van der Waals surface area contributed by atoms with Crippen LogP contribution in [0.25, 0.3) is 0 Å². The number of aryl methyl sites for hydroxylation is 1. The number of ketones is 1. The molecule has 9 heteroatoms. The summed E-state index contributed by atoms with van der Waals surface area (Å²) in [5.41, 5.74) is 1.24. The van der Waals surface area contributed by atoms with E-state index in [1.165, 1.54) is 0 Å². The fourth-order valence-electron chi connectivity index (χ4n) is 2.85. The first-order valence-electron chi connectivity index (χ1n) is 9.61. The van der Waals surface area contributed by atoms with Gasteiger partial charge in [-0.05, 0) is 50.6 Å². The minimum absolute atomic E-state index is 0.0693. The Morgan fingerprint density at radius 1 is 1.10 bits per heavy atom. The molecule has 0 aliphatic carbocycles. The lowest BCUT2D eigenvalue weighted by molar-refractivity contribution is 0.0993. The number of aliphatic hydroxyl groups excluding tert-OH is 1. The fraction of sp³-hybridized carbons (Fsp3) is 0.273. The van der Waals surface area contributed by atoms with Gasteiger partial charge in [0, 0.05) is 24.4 Å². The van der Waals surface area contributed by atoms with Gasteiger partial charge in [-0.2, -0.15) is 4.98 Å². The molecule has 0 bridgehead atoms. The van der Waals surface area contributed by atoms with Gasteiger partial charge in [0.1, 0.15) is 11.6 Å². The van der Waals surface area contributed by atoms with Crippen LogP contribution in [0.4, 0.5) is 17.6 Å². The molecule has 0 fully saturated rings. The molecule has 0 aliphatic rings. The highest BCUT2D eigenvalue weighted by Gasteiger charge is 2.18. The summed E-state index contributed by atoms with van der Waals surface area (Å²) in [6.07, 6.45) is 1.74. The van der Waals surface area contributed by atoms with Crippen molar-refractivity contribution in [3.63, 3.8) is 0 Å². The van der Waals surface area contributed by atoms with Crippen LogP contribution in [0.15, 0.2) is 42.6 Å². The van der Waals surface area contributed by atoms with Gasteiger partial charge in [0.05, 0.1) is 27.8 Å². The molecule has 3 aromatic rings. The summed E-state index contributed by atoms with van der Waals surface area (Å²) in [6.45, 7) is 5.47. The first-order chi connectivity index (χ1) is 14.7. The number of Topliss-reactive ketones (excluding diaryl/α,β-unsaturated/α-hetero) is 1.